The van der Waals surface area contributed by atoms with E-state index in [-0.39, 0.29) is 18.4 Å². The molecule has 0 aliphatic heterocycles. The van der Waals surface area contributed by atoms with Crippen molar-refractivity contribution in [3.05, 3.63) is 34.6 Å². The molecule has 5 nitrogen and oxygen atoms in total. The maximum absolute atomic E-state index is 13.9. The molecule has 0 aromatic heterocycles. The first-order valence-corrected chi connectivity index (χ1v) is 7.78. The summed E-state index contributed by atoms with van der Waals surface area (Å²) < 4.78 is 13.9. The van der Waals surface area contributed by atoms with Gasteiger partial charge in [-0.3, -0.25) is 9.59 Å². The Balaban J connectivity index is 2.08. The van der Waals surface area contributed by atoms with E-state index in [1.54, 1.807) is 6.07 Å². The summed E-state index contributed by atoms with van der Waals surface area (Å²) in [4.78, 5) is 26.7. The second kappa shape index (κ2) is 7.27. The maximum atomic E-state index is 13.9. The molecule has 1 fully saturated rings. The minimum Gasteiger partial charge on any atom is -0.480 e. The van der Waals surface area contributed by atoms with Crippen molar-refractivity contribution in [3.63, 3.8) is 0 Å². The molecule has 23 heavy (non-hydrogen) atoms. The number of aliphatic carboxylic acids is 1. The van der Waals surface area contributed by atoms with Gasteiger partial charge < -0.3 is 14.9 Å². The van der Waals surface area contributed by atoms with Crippen LogP contribution in [0.1, 0.15) is 17.9 Å². The fraction of sp³-hybridized carbons (Fsp3) is 0.500. The highest BCUT2D eigenvalue weighted by molar-refractivity contribution is 6.31. The van der Waals surface area contributed by atoms with Gasteiger partial charge in [-0.15, -0.1) is 0 Å². The SMILES string of the molecule is CN(C)CCN(CC(=O)O)C(=O)[C@@H]1C[C@@H]1c1c(F)cccc1Cl. The summed E-state index contributed by atoms with van der Waals surface area (Å²) in [7, 11) is 3.70. The first-order chi connectivity index (χ1) is 10.8. The van der Waals surface area contributed by atoms with Gasteiger partial charge in [-0.05, 0) is 32.6 Å². The van der Waals surface area contributed by atoms with E-state index in [2.05, 4.69) is 0 Å². The molecule has 0 heterocycles. The van der Waals surface area contributed by atoms with Gasteiger partial charge in [0.15, 0.2) is 0 Å². The van der Waals surface area contributed by atoms with E-state index in [1.807, 2.05) is 19.0 Å². The summed E-state index contributed by atoms with van der Waals surface area (Å²) in [5.41, 5.74) is 0.357. The number of carbonyl (C=O) groups excluding carboxylic acids is 1. The Labute approximate surface area is 139 Å². The van der Waals surface area contributed by atoms with E-state index in [0.717, 1.165) is 0 Å². The highest BCUT2D eigenvalue weighted by Crippen LogP contribution is 2.51. The molecular formula is C16H20ClFN2O3. The third-order valence-corrected chi connectivity index (χ3v) is 4.26. The molecule has 0 saturated heterocycles. The zero-order valence-electron chi connectivity index (χ0n) is 13.1. The van der Waals surface area contributed by atoms with Crippen LogP contribution in [-0.2, 0) is 9.59 Å². The van der Waals surface area contributed by atoms with E-state index < -0.39 is 17.7 Å². The Morgan fingerprint density at radius 2 is 2.04 bits per heavy atom. The molecule has 1 amide bonds. The van der Waals surface area contributed by atoms with Gasteiger partial charge in [0, 0.05) is 35.5 Å². The van der Waals surface area contributed by atoms with Crippen molar-refractivity contribution in [2.75, 3.05) is 33.7 Å². The maximum Gasteiger partial charge on any atom is 0.323 e. The molecule has 2 atom stereocenters. The number of amides is 1. The smallest absolute Gasteiger partial charge is 0.323 e. The van der Waals surface area contributed by atoms with Gasteiger partial charge in [0.05, 0.1) is 0 Å². The minimum absolute atomic E-state index is 0.251. The third kappa shape index (κ3) is 4.42. The average Bonchev–Trinajstić information content (AvgIpc) is 3.22. The molecule has 2 rings (SSSR count). The standard InChI is InChI=1S/C16H20ClFN2O3/c1-19(2)6-7-20(9-14(21)22)16(23)11-8-10(11)15-12(17)4-3-5-13(15)18/h3-5,10-11H,6-9H2,1-2H3,(H,21,22)/t10-,11+/m0/s1. The lowest BCUT2D eigenvalue weighted by atomic mass is 10.1. The first kappa shape index (κ1) is 17.7. The predicted octanol–water partition coefficient (Wildman–Crippen LogP) is 2.06. The number of carboxylic acid groups (broad SMARTS) is 1. The van der Waals surface area contributed by atoms with E-state index in [4.69, 9.17) is 16.7 Å². The van der Waals surface area contributed by atoms with Crippen LogP contribution in [-0.4, -0.2) is 60.5 Å². The molecule has 1 aliphatic rings. The monoisotopic (exact) mass is 342 g/mol. The molecule has 1 N–H and O–H groups in total. The van der Waals surface area contributed by atoms with Crippen LogP contribution >= 0.6 is 11.6 Å². The Morgan fingerprint density at radius 1 is 1.35 bits per heavy atom. The summed E-state index contributed by atoms with van der Waals surface area (Å²) in [6.45, 7) is 0.546. The van der Waals surface area contributed by atoms with Crippen molar-refractivity contribution in [2.24, 2.45) is 5.92 Å². The number of halogens is 2. The van der Waals surface area contributed by atoms with Gasteiger partial charge >= 0.3 is 5.97 Å². The summed E-state index contributed by atoms with van der Waals surface area (Å²) >= 11 is 6.04. The number of carboxylic acids is 1. The van der Waals surface area contributed by atoms with Crippen molar-refractivity contribution >= 4 is 23.5 Å². The van der Waals surface area contributed by atoms with Gasteiger partial charge in [-0.25, -0.2) is 4.39 Å². The Hall–Kier alpha value is -1.66. The Kier molecular flexibility index (Phi) is 5.59. The molecule has 1 aliphatic carbocycles. The topological polar surface area (TPSA) is 60.9 Å². The molecule has 1 saturated carbocycles. The molecule has 126 valence electrons. The Bertz CT molecular complexity index is 589. The van der Waals surface area contributed by atoms with Crippen molar-refractivity contribution < 1.29 is 19.1 Å². The minimum atomic E-state index is -1.06. The number of benzene rings is 1. The van der Waals surface area contributed by atoms with Crippen LogP contribution in [0.2, 0.25) is 5.02 Å². The van der Waals surface area contributed by atoms with E-state index in [1.165, 1.54) is 17.0 Å². The molecule has 1 aromatic rings. The zero-order chi connectivity index (χ0) is 17.1. The molecule has 0 spiro atoms. The lowest BCUT2D eigenvalue weighted by Crippen LogP contribution is -2.41. The van der Waals surface area contributed by atoms with Crippen molar-refractivity contribution in [3.8, 4) is 0 Å². The van der Waals surface area contributed by atoms with Crippen molar-refractivity contribution in [2.45, 2.75) is 12.3 Å². The quantitative estimate of drug-likeness (QED) is 0.824. The highest BCUT2D eigenvalue weighted by atomic mass is 35.5. The summed E-state index contributed by atoms with van der Waals surface area (Å²) in [6, 6.07) is 4.44. The lowest BCUT2D eigenvalue weighted by Gasteiger charge is -2.23. The number of hydrogen-bond acceptors (Lipinski definition) is 3. The number of carbonyl (C=O) groups is 2. The fourth-order valence-corrected chi connectivity index (χ4v) is 2.94. The zero-order valence-corrected chi connectivity index (χ0v) is 13.9. The molecule has 0 unspecified atom stereocenters. The van der Waals surface area contributed by atoms with Crippen molar-refractivity contribution in [1.82, 2.24) is 9.80 Å². The van der Waals surface area contributed by atoms with Crippen molar-refractivity contribution in [1.29, 1.82) is 0 Å². The fourth-order valence-electron chi connectivity index (χ4n) is 2.64. The number of nitrogens with zero attached hydrogens (tertiary/aromatic N) is 2. The average molecular weight is 343 g/mol. The van der Waals surface area contributed by atoms with E-state index in [0.29, 0.717) is 30.1 Å². The second-order valence-corrected chi connectivity index (χ2v) is 6.45. The number of rotatable bonds is 7. The van der Waals surface area contributed by atoms with Crippen LogP contribution in [0.5, 0.6) is 0 Å². The molecule has 7 heteroatoms. The van der Waals surface area contributed by atoms with Gasteiger partial charge in [-0.1, -0.05) is 17.7 Å². The number of hydrogen-bond donors (Lipinski definition) is 1. The van der Waals surface area contributed by atoms with Gasteiger partial charge in [0.1, 0.15) is 12.4 Å². The van der Waals surface area contributed by atoms with Crippen LogP contribution in [0.25, 0.3) is 0 Å². The normalized spacial score (nSPS) is 19.7. The van der Waals surface area contributed by atoms with E-state index >= 15 is 0 Å². The van der Waals surface area contributed by atoms with Gasteiger partial charge in [0.2, 0.25) is 5.91 Å². The van der Waals surface area contributed by atoms with Crippen LogP contribution in [0.15, 0.2) is 18.2 Å². The van der Waals surface area contributed by atoms with E-state index in [9.17, 15) is 14.0 Å². The summed E-state index contributed by atoms with van der Waals surface area (Å²) in [5.74, 6) is -2.40. The third-order valence-electron chi connectivity index (χ3n) is 3.93. The summed E-state index contributed by atoms with van der Waals surface area (Å²) in [5, 5.41) is 9.29. The Morgan fingerprint density at radius 3 is 2.61 bits per heavy atom. The molecular weight excluding hydrogens is 323 g/mol. The summed E-state index contributed by atoms with van der Waals surface area (Å²) in [6.07, 6.45) is 0.498. The van der Waals surface area contributed by atoms with Crippen LogP contribution in [0, 0.1) is 11.7 Å². The number of likely N-dealkylation sites (N-methyl/N-ethyl adjacent to an activating group) is 1. The molecule has 0 bridgehead atoms. The predicted molar refractivity (Wildman–Crippen MR) is 85.0 cm³/mol. The highest BCUT2D eigenvalue weighted by Gasteiger charge is 2.47. The van der Waals surface area contributed by atoms with Gasteiger partial charge in [0.25, 0.3) is 0 Å². The second-order valence-electron chi connectivity index (χ2n) is 6.04. The van der Waals surface area contributed by atoms with Crippen LogP contribution in [0.4, 0.5) is 4.39 Å². The van der Waals surface area contributed by atoms with Crippen LogP contribution < -0.4 is 0 Å². The van der Waals surface area contributed by atoms with Gasteiger partial charge in [-0.2, -0.15) is 0 Å². The first-order valence-electron chi connectivity index (χ1n) is 7.40. The largest absolute Gasteiger partial charge is 0.480 e. The lowest BCUT2D eigenvalue weighted by molar-refractivity contribution is -0.145. The van der Waals surface area contributed by atoms with Crippen LogP contribution in [0.3, 0.4) is 0 Å². The molecule has 1 aromatic carbocycles. The molecule has 0 radical (unpaired) electrons.